The number of rotatable bonds is 2. The molecule has 2 rings (SSSR count). The van der Waals surface area contributed by atoms with E-state index in [1.807, 2.05) is 37.3 Å². The lowest BCUT2D eigenvalue weighted by atomic mass is 10.2. The monoisotopic (exact) mass is 179 g/mol. The standard InChI is InChI=1S/C10H13NO2/c1-8-7-10(13-12-8)11-9-5-3-2-4-6-9/h2-6,8,10-11H,7H2,1H3/t8-,10+/m1/s1. The van der Waals surface area contributed by atoms with Crippen LogP contribution in [0.15, 0.2) is 30.3 Å². The molecule has 3 heteroatoms. The lowest BCUT2D eigenvalue weighted by Gasteiger charge is -2.10. The Labute approximate surface area is 77.6 Å². The van der Waals surface area contributed by atoms with Crippen LogP contribution in [0.4, 0.5) is 5.69 Å². The molecule has 1 saturated heterocycles. The first kappa shape index (κ1) is 8.53. The number of para-hydroxylation sites is 1. The summed E-state index contributed by atoms with van der Waals surface area (Å²) in [5, 5.41) is 3.22. The molecule has 1 fully saturated rings. The fraction of sp³-hybridized carbons (Fsp3) is 0.400. The number of hydrogen-bond acceptors (Lipinski definition) is 3. The Hall–Kier alpha value is -1.06. The van der Waals surface area contributed by atoms with Crippen LogP contribution in [-0.2, 0) is 9.78 Å². The second kappa shape index (κ2) is 3.77. The van der Waals surface area contributed by atoms with E-state index in [9.17, 15) is 0 Å². The average molecular weight is 179 g/mol. The van der Waals surface area contributed by atoms with Crippen LogP contribution in [0.1, 0.15) is 13.3 Å². The third-order valence-corrected chi connectivity index (χ3v) is 1.98. The fourth-order valence-corrected chi connectivity index (χ4v) is 1.35. The van der Waals surface area contributed by atoms with Crippen molar-refractivity contribution in [2.45, 2.75) is 25.7 Å². The van der Waals surface area contributed by atoms with Gasteiger partial charge in [-0.3, -0.25) is 0 Å². The molecule has 0 bridgehead atoms. The van der Waals surface area contributed by atoms with Crippen molar-refractivity contribution < 1.29 is 9.78 Å². The van der Waals surface area contributed by atoms with Gasteiger partial charge in [0.2, 0.25) is 0 Å². The van der Waals surface area contributed by atoms with E-state index < -0.39 is 0 Å². The van der Waals surface area contributed by atoms with E-state index in [0.717, 1.165) is 12.1 Å². The van der Waals surface area contributed by atoms with Gasteiger partial charge in [-0.1, -0.05) is 18.2 Å². The molecular weight excluding hydrogens is 166 g/mol. The largest absolute Gasteiger partial charge is 0.358 e. The van der Waals surface area contributed by atoms with Gasteiger partial charge in [0.1, 0.15) is 0 Å². The summed E-state index contributed by atoms with van der Waals surface area (Å²) >= 11 is 0. The smallest absolute Gasteiger partial charge is 0.165 e. The zero-order chi connectivity index (χ0) is 9.10. The normalized spacial score (nSPS) is 27.5. The van der Waals surface area contributed by atoms with Crippen molar-refractivity contribution in [2.24, 2.45) is 0 Å². The van der Waals surface area contributed by atoms with E-state index in [1.54, 1.807) is 0 Å². The van der Waals surface area contributed by atoms with Crippen LogP contribution in [0.3, 0.4) is 0 Å². The van der Waals surface area contributed by atoms with Gasteiger partial charge in [-0.2, -0.15) is 0 Å². The Bertz CT molecular complexity index is 263. The molecule has 0 amide bonds. The summed E-state index contributed by atoms with van der Waals surface area (Å²) in [6.07, 6.45) is 1.05. The van der Waals surface area contributed by atoms with E-state index >= 15 is 0 Å². The fourth-order valence-electron chi connectivity index (χ4n) is 1.35. The second-order valence-electron chi connectivity index (χ2n) is 3.24. The summed E-state index contributed by atoms with van der Waals surface area (Å²) in [7, 11) is 0. The number of anilines is 1. The predicted molar refractivity (Wildman–Crippen MR) is 50.1 cm³/mol. The zero-order valence-corrected chi connectivity index (χ0v) is 7.57. The van der Waals surface area contributed by atoms with Crippen molar-refractivity contribution in [3.05, 3.63) is 30.3 Å². The van der Waals surface area contributed by atoms with Crippen LogP contribution < -0.4 is 5.32 Å². The van der Waals surface area contributed by atoms with Crippen molar-refractivity contribution in [1.29, 1.82) is 0 Å². The minimum atomic E-state index is -0.0163. The van der Waals surface area contributed by atoms with Gasteiger partial charge in [-0.25, -0.2) is 9.78 Å². The molecule has 0 saturated carbocycles. The lowest BCUT2D eigenvalue weighted by molar-refractivity contribution is -0.288. The van der Waals surface area contributed by atoms with Crippen LogP contribution in [0.5, 0.6) is 0 Å². The Morgan fingerprint density at radius 3 is 2.62 bits per heavy atom. The molecule has 1 aromatic rings. The quantitative estimate of drug-likeness (QED) is 0.706. The van der Waals surface area contributed by atoms with Gasteiger partial charge in [0, 0.05) is 12.1 Å². The predicted octanol–water partition coefficient (Wildman–Crippen LogP) is 2.17. The number of nitrogens with one attached hydrogen (secondary N) is 1. The molecule has 3 nitrogen and oxygen atoms in total. The van der Waals surface area contributed by atoms with Crippen molar-refractivity contribution in [3.63, 3.8) is 0 Å². The molecule has 0 aliphatic carbocycles. The third-order valence-electron chi connectivity index (χ3n) is 1.98. The summed E-state index contributed by atoms with van der Waals surface area (Å²) in [6.45, 7) is 1.99. The molecule has 0 spiro atoms. The maximum atomic E-state index is 5.06. The lowest BCUT2D eigenvalue weighted by Crippen LogP contribution is -2.17. The van der Waals surface area contributed by atoms with Gasteiger partial charge in [0.05, 0.1) is 6.10 Å². The maximum absolute atomic E-state index is 5.06. The highest BCUT2D eigenvalue weighted by Gasteiger charge is 2.23. The van der Waals surface area contributed by atoms with E-state index in [4.69, 9.17) is 9.78 Å². The first-order chi connectivity index (χ1) is 6.34. The molecular formula is C10H13NO2. The minimum Gasteiger partial charge on any atom is -0.358 e. The molecule has 1 aromatic carbocycles. The molecule has 1 N–H and O–H groups in total. The van der Waals surface area contributed by atoms with E-state index in [2.05, 4.69) is 5.32 Å². The van der Waals surface area contributed by atoms with Crippen LogP contribution in [0.25, 0.3) is 0 Å². The van der Waals surface area contributed by atoms with Crippen molar-refractivity contribution in [3.8, 4) is 0 Å². The number of hydrogen-bond donors (Lipinski definition) is 1. The Morgan fingerprint density at radius 2 is 2.00 bits per heavy atom. The van der Waals surface area contributed by atoms with Crippen molar-refractivity contribution in [1.82, 2.24) is 0 Å². The molecule has 1 heterocycles. The average Bonchev–Trinajstić information content (AvgIpc) is 2.53. The molecule has 2 atom stereocenters. The zero-order valence-electron chi connectivity index (χ0n) is 7.57. The van der Waals surface area contributed by atoms with E-state index in [0.29, 0.717) is 0 Å². The van der Waals surface area contributed by atoms with Crippen LogP contribution >= 0.6 is 0 Å². The highest BCUT2D eigenvalue weighted by atomic mass is 17.2. The van der Waals surface area contributed by atoms with Gasteiger partial charge in [0.15, 0.2) is 6.23 Å². The SMILES string of the molecule is C[C@@H]1C[C@@H](Nc2ccccc2)OO1. The molecule has 70 valence electrons. The van der Waals surface area contributed by atoms with Crippen molar-refractivity contribution >= 4 is 5.69 Å². The summed E-state index contributed by atoms with van der Waals surface area (Å²) < 4.78 is 0. The topological polar surface area (TPSA) is 30.5 Å². The molecule has 13 heavy (non-hydrogen) atoms. The van der Waals surface area contributed by atoms with Crippen molar-refractivity contribution in [2.75, 3.05) is 5.32 Å². The third kappa shape index (κ3) is 2.20. The first-order valence-corrected chi connectivity index (χ1v) is 4.48. The van der Waals surface area contributed by atoms with Gasteiger partial charge in [-0.15, -0.1) is 0 Å². The summed E-state index contributed by atoms with van der Waals surface area (Å²) in [4.78, 5) is 10.0. The second-order valence-corrected chi connectivity index (χ2v) is 3.24. The maximum Gasteiger partial charge on any atom is 0.165 e. The Kier molecular flexibility index (Phi) is 2.47. The number of benzene rings is 1. The van der Waals surface area contributed by atoms with E-state index in [-0.39, 0.29) is 12.3 Å². The Balaban J connectivity index is 1.92. The highest BCUT2D eigenvalue weighted by molar-refractivity contribution is 5.42. The first-order valence-electron chi connectivity index (χ1n) is 4.48. The summed E-state index contributed by atoms with van der Waals surface area (Å²) in [6, 6.07) is 9.97. The molecule has 0 unspecified atom stereocenters. The van der Waals surface area contributed by atoms with Crippen LogP contribution in [-0.4, -0.2) is 12.3 Å². The summed E-state index contributed by atoms with van der Waals surface area (Å²) in [5.74, 6) is 0. The molecule has 0 radical (unpaired) electrons. The Morgan fingerprint density at radius 1 is 1.23 bits per heavy atom. The van der Waals surface area contributed by atoms with Crippen LogP contribution in [0.2, 0.25) is 0 Å². The highest BCUT2D eigenvalue weighted by Crippen LogP contribution is 2.18. The van der Waals surface area contributed by atoms with Gasteiger partial charge < -0.3 is 5.32 Å². The van der Waals surface area contributed by atoms with Gasteiger partial charge in [0.25, 0.3) is 0 Å². The molecule has 0 aromatic heterocycles. The van der Waals surface area contributed by atoms with Crippen LogP contribution in [0, 0.1) is 0 Å². The van der Waals surface area contributed by atoms with Gasteiger partial charge >= 0.3 is 0 Å². The summed E-state index contributed by atoms with van der Waals surface area (Å²) in [5.41, 5.74) is 1.06. The minimum absolute atomic E-state index is 0.0163. The van der Waals surface area contributed by atoms with E-state index in [1.165, 1.54) is 0 Å². The van der Waals surface area contributed by atoms with Gasteiger partial charge in [-0.05, 0) is 19.1 Å². The molecule has 1 aliphatic heterocycles. The molecule has 1 aliphatic rings.